The Labute approximate surface area is 148 Å². The van der Waals surface area contributed by atoms with E-state index in [1.807, 2.05) is 0 Å². The summed E-state index contributed by atoms with van der Waals surface area (Å²) in [5, 5.41) is 0. The van der Waals surface area contributed by atoms with E-state index in [9.17, 15) is 8.78 Å². The fourth-order valence-corrected chi connectivity index (χ4v) is 3.90. The van der Waals surface area contributed by atoms with Crippen molar-refractivity contribution in [2.24, 2.45) is 5.92 Å². The molecule has 0 aromatic heterocycles. The van der Waals surface area contributed by atoms with Gasteiger partial charge < -0.3 is 14.2 Å². The zero-order chi connectivity index (χ0) is 16.4. The number of benzene rings is 1. The van der Waals surface area contributed by atoms with Crippen LogP contribution < -0.4 is 9.47 Å². The molecule has 3 rings (SSSR count). The van der Waals surface area contributed by atoms with Gasteiger partial charge in [0.2, 0.25) is 11.6 Å². The quantitative estimate of drug-likeness (QED) is 0.507. The Morgan fingerprint density at radius 1 is 1.17 bits per heavy atom. The molecule has 1 fully saturated rings. The summed E-state index contributed by atoms with van der Waals surface area (Å²) in [4.78, 5) is 0. The topological polar surface area (TPSA) is 27.7 Å². The maximum atomic E-state index is 14.2. The van der Waals surface area contributed by atoms with Crippen LogP contribution in [-0.2, 0) is 11.2 Å². The van der Waals surface area contributed by atoms with E-state index < -0.39 is 17.9 Å². The van der Waals surface area contributed by atoms with Crippen LogP contribution in [0.5, 0.6) is 11.5 Å². The zero-order valence-corrected chi connectivity index (χ0v) is 15.3. The van der Waals surface area contributed by atoms with Gasteiger partial charge >= 0.3 is 0 Å². The molecule has 0 saturated heterocycles. The highest BCUT2D eigenvalue weighted by Gasteiger charge is 2.28. The minimum absolute atomic E-state index is 0.00249. The molecule has 1 aromatic rings. The van der Waals surface area contributed by atoms with Crippen LogP contribution in [0.25, 0.3) is 0 Å². The molecule has 23 heavy (non-hydrogen) atoms. The van der Waals surface area contributed by atoms with E-state index in [-0.39, 0.29) is 11.5 Å². The molecule has 0 bridgehead atoms. The van der Waals surface area contributed by atoms with Crippen molar-refractivity contribution in [2.75, 3.05) is 13.7 Å². The second-order valence-electron chi connectivity index (χ2n) is 6.24. The summed E-state index contributed by atoms with van der Waals surface area (Å²) >= 11 is 2.47. The van der Waals surface area contributed by atoms with Crippen molar-refractivity contribution in [2.45, 2.75) is 48.7 Å². The first-order valence-corrected chi connectivity index (χ1v) is 9.30. The van der Waals surface area contributed by atoms with Gasteiger partial charge in [0.05, 0.1) is 6.61 Å². The molecular weight excluding hydrogens is 417 g/mol. The lowest BCUT2D eigenvalue weighted by Gasteiger charge is -2.27. The van der Waals surface area contributed by atoms with E-state index in [2.05, 4.69) is 22.6 Å². The van der Waals surface area contributed by atoms with Crippen LogP contribution in [0.15, 0.2) is 6.07 Å². The normalized spacial score (nSPS) is 27.2. The summed E-state index contributed by atoms with van der Waals surface area (Å²) in [5.74, 6) is -1.57. The van der Waals surface area contributed by atoms with Crippen LogP contribution in [0.3, 0.4) is 0 Å². The molecule has 0 spiro atoms. The number of hydrogen-bond acceptors (Lipinski definition) is 3. The third-order valence-electron chi connectivity index (χ3n) is 4.62. The van der Waals surface area contributed by atoms with Crippen molar-refractivity contribution < 1.29 is 23.0 Å². The maximum Gasteiger partial charge on any atom is 0.204 e. The lowest BCUT2D eigenvalue weighted by Crippen LogP contribution is -2.25. The Hall–Kier alpha value is -0.630. The molecule has 3 nitrogen and oxygen atoms in total. The lowest BCUT2D eigenvalue weighted by molar-refractivity contribution is -0.0679. The van der Waals surface area contributed by atoms with E-state index in [1.54, 1.807) is 6.07 Å². The SMILES string of the molecule is COC1CCc2cc(OCC3CCC(I)CC3)c(F)c(F)c2O1. The first-order valence-electron chi connectivity index (χ1n) is 8.05. The minimum atomic E-state index is -0.977. The Morgan fingerprint density at radius 3 is 2.61 bits per heavy atom. The van der Waals surface area contributed by atoms with Gasteiger partial charge in [0.15, 0.2) is 17.8 Å². The van der Waals surface area contributed by atoms with E-state index in [4.69, 9.17) is 14.2 Å². The van der Waals surface area contributed by atoms with Crippen LogP contribution in [0.1, 0.15) is 37.7 Å². The molecule has 1 aromatic carbocycles. The van der Waals surface area contributed by atoms with Gasteiger partial charge in [0.1, 0.15) is 0 Å². The van der Waals surface area contributed by atoms with Crippen molar-refractivity contribution in [3.8, 4) is 11.5 Å². The van der Waals surface area contributed by atoms with Crippen molar-refractivity contribution >= 4 is 22.6 Å². The minimum Gasteiger partial charge on any atom is -0.490 e. The molecular formula is C17H21F2IO3. The van der Waals surface area contributed by atoms with Gasteiger partial charge in [-0.2, -0.15) is 8.78 Å². The van der Waals surface area contributed by atoms with Crippen LogP contribution in [-0.4, -0.2) is 23.9 Å². The van der Waals surface area contributed by atoms with Gasteiger partial charge in [-0.15, -0.1) is 0 Å². The second kappa shape index (κ2) is 7.51. The average molecular weight is 438 g/mol. The molecule has 0 radical (unpaired) electrons. The molecule has 1 aliphatic heterocycles. The molecule has 1 unspecified atom stereocenters. The van der Waals surface area contributed by atoms with Gasteiger partial charge in [0, 0.05) is 23.0 Å². The number of aryl methyl sites for hydroxylation is 1. The van der Waals surface area contributed by atoms with Crippen molar-refractivity contribution in [3.05, 3.63) is 23.3 Å². The Balaban J connectivity index is 1.70. The number of hydrogen-bond donors (Lipinski definition) is 0. The molecule has 2 aliphatic rings. The predicted molar refractivity (Wildman–Crippen MR) is 91.4 cm³/mol. The first kappa shape index (κ1) is 17.2. The van der Waals surface area contributed by atoms with Crippen LogP contribution in [0, 0.1) is 17.6 Å². The largest absolute Gasteiger partial charge is 0.490 e. The molecule has 1 heterocycles. The molecule has 128 valence electrons. The van der Waals surface area contributed by atoms with E-state index in [0.29, 0.717) is 30.9 Å². The van der Waals surface area contributed by atoms with Gasteiger partial charge in [-0.25, -0.2) is 0 Å². The van der Waals surface area contributed by atoms with Gasteiger partial charge in [-0.1, -0.05) is 22.6 Å². The lowest BCUT2D eigenvalue weighted by atomic mass is 9.90. The number of fused-ring (bicyclic) bond motifs is 1. The van der Waals surface area contributed by atoms with E-state index >= 15 is 0 Å². The first-order chi connectivity index (χ1) is 11.1. The Morgan fingerprint density at radius 2 is 1.91 bits per heavy atom. The highest BCUT2D eigenvalue weighted by Crippen LogP contribution is 2.37. The number of alkyl halides is 1. The van der Waals surface area contributed by atoms with Crippen molar-refractivity contribution in [1.82, 2.24) is 0 Å². The molecule has 6 heteroatoms. The summed E-state index contributed by atoms with van der Waals surface area (Å²) in [5.41, 5.74) is 0.642. The summed E-state index contributed by atoms with van der Waals surface area (Å²) in [6, 6.07) is 1.57. The number of halogens is 3. The Bertz CT molecular complexity index is 559. The summed E-state index contributed by atoms with van der Waals surface area (Å²) < 4.78 is 45.2. The highest BCUT2D eigenvalue weighted by molar-refractivity contribution is 14.1. The highest BCUT2D eigenvalue weighted by atomic mass is 127. The smallest absolute Gasteiger partial charge is 0.204 e. The summed E-state index contributed by atoms with van der Waals surface area (Å²) in [6.07, 6.45) is 5.19. The maximum absolute atomic E-state index is 14.2. The summed E-state index contributed by atoms with van der Waals surface area (Å²) in [6.45, 7) is 0.445. The molecule has 1 atom stereocenters. The van der Waals surface area contributed by atoms with Gasteiger partial charge in [-0.05, 0) is 44.1 Å². The molecule has 0 amide bonds. The molecule has 1 saturated carbocycles. The monoisotopic (exact) mass is 438 g/mol. The fourth-order valence-electron chi connectivity index (χ4n) is 3.18. The van der Waals surface area contributed by atoms with Crippen LogP contribution in [0.4, 0.5) is 8.78 Å². The second-order valence-corrected chi connectivity index (χ2v) is 8.00. The average Bonchev–Trinajstić information content (AvgIpc) is 2.58. The zero-order valence-electron chi connectivity index (χ0n) is 13.1. The van der Waals surface area contributed by atoms with Crippen molar-refractivity contribution in [1.29, 1.82) is 0 Å². The van der Waals surface area contributed by atoms with Crippen LogP contribution in [0.2, 0.25) is 0 Å². The standard InChI is InChI=1S/C17H21F2IO3/c1-21-14-7-4-11-8-13(15(18)16(19)17(11)23-14)22-9-10-2-5-12(20)6-3-10/h8,10,12,14H,2-7,9H2,1H3. The van der Waals surface area contributed by atoms with Crippen molar-refractivity contribution in [3.63, 3.8) is 0 Å². The number of ether oxygens (including phenoxy) is 3. The fraction of sp³-hybridized carbons (Fsp3) is 0.647. The third kappa shape index (κ3) is 3.90. The Kier molecular flexibility index (Phi) is 5.61. The van der Waals surface area contributed by atoms with Gasteiger partial charge in [-0.3, -0.25) is 0 Å². The third-order valence-corrected chi connectivity index (χ3v) is 5.86. The summed E-state index contributed by atoms with van der Waals surface area (Å²) in [7, 11) is 1.49. The number of methoxy groups -OCH3 is 1. The molecule has 0 N–H and O–H groups in total. The van der Waals surface area contributed by atoms with E-state index in [0.717, 1.165) is 16.8 Å². The van der Waals surface area contributed by atoms with Crippen LogP contribution >= 0.6 is 22.6 Å². The number of rotatable bonds is 4. The van der Waals surface area contributed by atoms with Gasteiger partial charge in [0.25, 0.3) is 0 Å². The van der Waals surface area contributed by atoms with E-state index in [1.165, 1.54) is 20.0 Å². The predicted octanol–water partition coefficient (Wildman–Crippen LogP) is 4.63. The molecule has 1 aliphatic carbocycles.